The van der Waals surface area contributed by atoms with Gasteiger partial charge in [0.2, 0.25) is 0 Å². The van der Waals surface area contributed by atoms with Gasteiger partial charge in [0.15, 0.2) is 0 Å². The van der Waals surface area contributed by atoms with Crippen LogP contribution >= 0.6 is 22.6 Å². The zero-order valence-corrected chi connectivity index (χ0v) is 12.0. The Morgan fingerprint density at radius 2 is 2.22 bits per heavy atom. The van der Waals surface area contributed by atoms with E-state index in [9.17, 15) is 4.79 Å². The van der Waals surface area contributed by atoms with Gasteiger partial charge in [-0.2, -0.15) is 0 Å². The maximum absolute atomic E-state index is 11.9. The van der Waals surface area contributed by atoms with Crippen molar-refractivity contribution in [1.29, 1.82) is 0 Å². The number of nitrogens with zero attached hydrogens (tertiary/aromatic N) is 2. The van der Waals surface area contributed by atoms with Crippen molar-refractivity contribution >= 4 is 28.5 Å². The minimum atomic E-state index is -0.0928. The first-order valence-electron chi connectivity index (χ1n) is 5.47. The summed E-state index contributed by atoms with van der Waals surface area (Å²) in [5.41, 5.74) is 1.47. The molecule has 18 heavy (non-hydrogen) atoms. The van der Waals surface area contributed by atoms with Crippen LogP contribution in [0.5, 0.6) is 0 Å². The largest absolute Gasteiger partial charge is 0.346 e. The number of benzene rings is 1. The molecule has 1 N–H and O–H groups in total. The Labute approximate surface area is 119 Å². The number of hydrogen-bond acceptors (Lipinski definition) is 3. The first-order chi connectivity index (χ1) is 8.65. The second-order valence-electron chi connectivity index (χ2n) is 3.79. The van der Waals surface area contributed by atoms with Gasteiger partial charge in [-0.1, -0.05) is 6.07 Å². The molecule has 5 heteroatoms. The number of hydrogen-bond donors (Lipinski definition) is 1. The molecule has 0 radical (unpaired) electrons. The van der Waals surface area contributed by atoms with Gasteiger partial charge in [-0.3, -0.25) is 4.79 Å². The summed E-state index contributed by atoms with van der Waals surface area (Å²) in [4.78, 5) is 20.1. The molecule has 1 aromatic carbocycles. The SMILES string of the molecule is Cc1nccc(CNC(=O)c2cccc(I)c2)n1. The third kappa shape index (κ3) is 3.49. The van der Waals surface area contributed by atoms with E-state index in [1.54, 1.807) is 18.3 Å². The summed E-state index contributed by atoms with van der Waals surface area (Å²) >= 11 is 2.18. The third-order valence-corrected chi connectivity index (χ3v) is 3.02. The lowest BCUT2D eigenvalue weighted by molar-refractivity contribution is 0.0950. The highest BCUT2D eigenvalue weighted by molar-refractivity contribution is 14.1. The van der Waals surface area contributed by atoms with E-state index in [0.29, 0.717) is 17.9 Å². The molecular formula is C13H12IN3O. The van der Waals surface area contributed by atoms with Crippen molar-refractivity contribution in [3.63, 3.8) is 0 Å². The van der Waals surface area contributed by atoms with Crippen LogP contribution in [0.1, 0.15) is 21.9 Å². The zero-order chi connectivity index (χ0) is 13.0. The molecule has 0 unspecified atom stereocenters. The summed E-state index contributed by atoms with van der Waals surface area (Å²) in [6, 6.07) is 9.25. The van der Waals surface area contributed by atoms with Gasteiger partial charge in [0, 0.05) is 15.3 Å². The third-order valence-electron chi connectivity index (χ3n) is 2.35. The van der Waals surface area contributed by atoms with Crippen LogP contribution in [0.25, 0.3) is 0 Å². The van der Waals surface area contributed by atoms with Crippen molar-refractivity contribution in [2.75, 3.05) is 0 Å². The molecule has 0 spiro atoms. The fourth-order valence-electron chi connectivity index (χ4n) is 1.51. The average molecular weight is 353 g/mol. The van der Waals surface area contributed by atoms with Gasteiger partial charge < -0.3 is 5.32 Å². The van der Waals surface area contributed by atoms with Crippen molar-refractivity contribution in [3.8, 4) is 0 Å². The van der Waals surface area contributed by atoms with Gasteiger partial charge in [0.1, 0.15) is 5.82 Å². The first kappa shape index (κ1) is 12.9. The van der Waals surface area contributed by atoms with Crippen LogP contribution in [0.3, 0.4) is 0 Å². The first-order valence-corrected chi connectivity index (χ1v) is 6.55. The smallest absolute Gasteiger partial charge is 0.251 e. The molecule has 2 aromatic rings. The molecule has 0 saturated heterocycles. The van der Waals surface area contributed by atoms with Crippen LogP contribution in [0.4, 0.5) is 0 Å². The number of nitrogens with one attached hydrogen (secondary N) is 1. The van der Waals surface area contributed by atoms with E-state index >= 15 is 0 Å². The van der Waals surface area contributed by atoms with Crippen molar-refractivity contribution in [3.05, 3.63) is 57.2 Å². The predicted molar refractivity (Wildman–Crippen MR) is 77.1 cm³/mol. The fourth-order valence-corrected chi connectivity index (χ4v) is 2.05. The molecular weight excluding hydrogens is 341 g/mol. The van der Waals surface area contributed by atoms with Crippen LogP contribution in [-0.4, -0.2) is 15.9 Å². The second kappa shape index (κ2) is 5.90. The molecule has 4 nitrogen and oxygen atoms in total. The van der Waals surface area contributed by atoms with E-state index in [1.165, 1.54) is 0 Å². The van der Waals surface area contributed by atoms with Crippen LogP contribution < -0.4 is 5.32 Å². The standard InChI is InChI=1S/C13H12IN3O/c1-9-15-6-5-12(17-9)8-16-13(18)10-3-2-4-11(14)7-10/h2-7H,8H2,1H3,(H,16,18). The Hall–Kier alpha value is -1.50. The number of halogens is 1. The molecule has 0 atom stereocenters. The van der Waals surface area contributed by atoms with E-state index in [-0.39, 0.29) is 5.91 Å². The summed E-state index contributed by atoms with van der Waals surface area (Å²) in [5.74, 6) is 0.612. The van der Waals surface area contributed by atoms with E-state index in [1.807, 2.05) is 25.1 Å². The summed E-state index contributed by atoms with van der Waals surface area (Å²) in [6.45, 7) is 2.23. The lowest BCUT2D eigenvalue weighted by Crippen LogP contribution is -2.23. The highest BCUT2D eigenvalue weighted by Crippen LogP contribution is 2.07. The summed E-state index contributed by atoms with van der Waals surface area (Å²) in [7, 11) is 0. The summed E-state index contributed by atoms with van der Waals surface area (Å²) in [6.07, 6.45) is 1.69. The lowest BCUT2D eigenvalue weighted by atomic mass is 10.2. The Balaban J connectivity index is 2.00. The minimum Gasteiger partial charge on any atom is -0.346 e. The Morgan fingerprint density at radius 3 is 2.94 bits per heavy atom. The summed E-state index contributed by atoms with van der Waals surface area (Å²) in [5, 5.41) is 2.84. The zero-order valence-electron chi connectivity index (χ0n) is 9.85. The molecule has 1 heterocycles. The Morgan fingerprint density at radius 1 is 1.39 bits per heavy atom. The molecule has 2 rings (SSSR count). The molecule has 1 amide bonds. The fraction of sp³-hybridized carbons (Fsp3) is 0.154. The maximum Gasteiger partial charge on any atom is 0.251 e. The highest BCUT2D eigenvalue weighted by Gasteiger charge is 2.05. The monoisotopic (exact) mass is 353 g/mol. The molecule has 0 aliphatic carbocycles. The van der Waals surface area contributed by atoms with Gasteiger partial charge in [0.25, 0.3) is 5.91 Å². The molecule has 1 aromatic heterocycles. The van der Waals surface area contributed by atoms with Crippen molar-refractivity contribution in [2.24, 2.45) is 0 Å². The van der Waals surface area contributed by atoms with E-state index < -0.39 is 0 Å². The van der Waals surface area contributed by atoms with E-state index in [2.05, 4.69) is 37.9 Å². The summed E-state index contributed by atoms with van der Waals surface area (Å²) < 4.78 is 1.04. The number of aryl methyl sites for hydroxylation is 1. The van der Waals surface area contributed by atoms with E-state index in [0.717, 1.165) is 9.26 Å². The van der Waals surface area contributed by atoms with Crippen molar-refractivity contribution in [1.82, 2.24) is 15.3 Å². The van der Waals surface area contributed by atoms with Gasteiger partial charge in [-0.15, -0.1) is 0 Å². The van der Waals surface area contributed by atoms with Crippen molar-refractivity contribution in [2.45, 2.75) is 13.5 Å². The van der Waals surface area contributed by atoms with Crippen LogP contribution in [0, 0.1) is 10.5 Å². The topological polar surface area (TPSA) is 54.9 Å². The van der Waals surface area contributed by atoms with Crippen LogP contribution in [-0.2, 0) is 6.54 Å². The Bertz CT molecular complexity index is 572. The predicted octanol–water partition coefficient (Wildman–Crippen LogP) is 2.32. The number of amides is 1. The average Bonchev–Trinajstić information content (AvgIpc) is 2.36. The van der Waals surface area contributed by atoms with Gasteiger partial charge in [0.05, 0.1) is 12.2 Å². The molecule has 92 valence electrons. The number of carbonyl (C=O) groups excluding carboxylic acids is 1. The normalized spacial score (nSPS) is 10.1. The van der Waals surface area contributed by atoms with Crippen LogP contribution in [0.15, 0.2) is 36.5 Å². The second-order valence-corrected chi connectivity index (χ2v) is 5.03. The lowest BCUT2D eigenvalue weighted by Gasteiger charge is -2.05. The molecule has 0 fully saturated rings. The highest BCUT2D eigenvalue weighted by atomic mass is 127. The van der Waals surface area contributed by atoms with E-state index in [4.69, 9.17) is 0 Å². The minimum absolute atomic E-state index is 0.0928. The molecule has 0 aliphatic heterocycles. The van der Waals surface area contributed by atoms with Crippen LogP contribution in [0.2, 0.25) is 0 Å². The number of rotatable bonds is 3. The number of aromatic nitrogens is 2. The quantitative estimate of drug-likeness (QED) is 0.862. The number of carbonyl (C=O) groups is 1. The maximum atomic E-state index is 11.9. The Kier molecular flexibility index (Phi) is 4.24. The molecule has 0 bridgehead atoms. The van der Waals surface area contributed by atoms with Gasteiger partial charge in [-0.25, -0.2) is 9.97 Å². The van der Waals surface area contributed by atoms with Gasteiger partial charge in [-0.05, 0) is 53.8 Å². The molecule has 0 saturated carbocycles. The van der Waals surface area contributed by atoms with Crippen molar-refractivity contribution < 1.29 is 4.79 Å². The molecule has 0 aliphatic rings. The van der Waals surface area contributed by atoms with Gasteiger partial charge >= 0.3 is 0 Å².